The number of aliphatic carboxylic acids is 1. The molecule has 1 heterocycles. The molecule has 1 aromatic heterocycles. The molecule has 0 aliphatic carbocycles. The van der Waals surface area contributed by atoms with Gasteiger partial charge in [-0.2, -0.15) is 0 Å². The first-order valence-corrected chi connectivity index (χ1v) is 10.7. The van der Waals surface area contributed by atoms with E-state index in [0.717, 1.165) is 0 Å². The number of hydrogen-bond donors (Lipinski definition) is 7. The maximum absolute atomic E-state index is 13.0. The second kappa shape index (κ2) is 14.1. The summed E-state index contributed by atoms with van der Waals surface area (Å²) in [7, 11) is 0. The van der Waals surface area contributed by atoms with Crippen LogP contribution in [0.4, 0.5) is 0 Å². The molecule has 180 valence electrons. The number of H-pyrrole nitrogens is 1. The van der Waals surface area contributed by atoms with Crippen LogP contribution in [0, 0.1) is 5.92 Å². The van der Waals surface area contributed by atoms with E-state index in [0.29, 0.717) is 31.5 Å². The van der Waals surface area contributed by atoms with Crippen molar-refractivity contribution < 1.29 is 24.3 Å². The molecule has 0 spiro atoms. The zero-order valence-electron chi connectivity index (χ0n) is 18.6. The van der Waals surface area contributed by atoms with Crippen molar-refractivity contribution >= 4 is 23.7 Å². The second-order valence-electron chi connectivity index (χ2n) is 7.66. The highest BCUT2D eigenvalue weighted by molar-refractivity contribution is 5.93. The van der Waals surface area contributed by atoms with Crippen molar-refractivity contribution in [3.05, 3.63) is 18.2 Å². The Bertz CT molecular complexity index is 741. The summed E-state index contributed by atoms with van der Waals surface area (Å²) >= 11 is 0. The van der Waals surface area contributed by atoms with Crippen LogP contribution in [-0.2, 0) is 25.6 Å². The van der Waals surface area contributed by atoms with Gasteiger partial charge in [-0.25, -0.2) is 9.78 Å². The number of nitrogens with one attached hydrogen (secondary N) is 4. The zero-order valence-corrected chi connectivity index (χ0v) is 18.6. The number of carboxylic acids is 1. The Kier molecular flexibility index (Phi) is 12.0. The van der Waals surface area contributed by atoms with Crippen molar-refractivity contribution in [3.8, 4) is 0 Å². The van der Waals surface area contributed by atoms with Crippen molar-refractivity contribution in [2.75, 3.05) is 13.1 Å². The van der Waals surface area contributed by atoms with Gasteiger partial charge in [-0.15, -0.1) is 0 Å². The van der Waals surface area contributed by atoms with Gasteiger partial charge in [0.1, 0.15) is 18.1 Å². The molecule has 3 amide bonds. The van der Waals surface area contributed by atoms with E-state index in [-0.39, 0.29) is 25.3 Å². The molecule has 0 aliphatic heterocycles. The van der Waals surface area contributed by atoms with E-state index in [4.69, 9.17) is 11.5 Å². The average molecular weight is 454 g/mol. The lowest BCUT2D eigenvalue weighted by Gasteiger charge is -2.27. The Balaban J connectivity index is 2.95. The van der Waals surface area contributed by atoms with Gasteiger partial charge in [0.15, 0.2) is 0 Å². The van der Waals surface area contributed by atoms with Gasteiger partial charge < -0.3 is 37.5 Å². The number of aromatic amines is 1. The first-order valence-electron chi connectivity index (χ1n) is 10.7. The van der Waals surface area contributed by atoms with Gasteiger partial charge >= 0.3 is 5.97 Å². The summed E-state index contributed by atoms with van der Waals surface area (Å²) in [5, 5.41) is 17.2. The van der Waals surface area contributed by atoms with Crippen molar-refractivity contribution in [2.45, 2.75) is 64.1 Å². The number of hydrogen-bond acceptors (Lipinski definition) is 7. The predicted molar refractivity (Wildman–Crippen MR) is 117 cm³/mol. The number of unbranched alkanes of at least 4 members (excludes halogenated alkanes) is 1. The number of rotatable bonds is 15. The summed E-state index contributed by atoms with van der Waals surface area (Å²) in [5.41, 5.74) is 11.4. The molecule has 0 bridgehead atoms. The number of carbonyl (C=O) groups excluding carboxylic acids is 3. The highest BCUT2D eigenvalue weighted by atomic mass is 16.4. The van der Waals surface area contributed by atoms with E-state index < -0.39 is 41.8 Å². The van der Waals surface area contributed by atoms with E-state index >= 15 is 0 Å². The minimum Gasteiger partial charge on any atom is -0.480 e. The smallest absolute Gasteiger partial charge is 0.326 e. The van der Waals surface area contributed by atoms with Gasteiger partial charge in [0.05, 0.1) is 12.9 Å². The molecule has 0 aromatic carbocycles. The van der Waals surface area contributed by atoms with Crippen molar-refractivity contribution in [1.29, 1.82) is 0 Å². The number of amides is 3. The summed E-state index contributed by atoms with van der Waals surface area (Å²) in [6.07, 6.45) is 5.06. The monoisotopic (exact) mass is 453 g/mol. The van der Waals surface area contributed by atoms with Crippen LogP contribution in [0.1, 0.15) is 45.2 Å². The Morgan fingerprint density at radius 2 is 1.81 bits per heavy atom. The van der Waals surface area contributed by atoms with Crippen LogP contribution < -0.4 is 27.4 Å². The fourth-order valence-electron chi connectivity index (χ4n) is 3.05. The van der Waals surface area contributed by atoms with E-state index in [9.17, 15) is 24.3 Å². The van der Waals surface area contributed by atoms with Gasteiger partial charge in [0.25, 0.3) is 0 Å². The summed E-state index contributed by atoms with van der Waals surface area (Å²) in [6.45, 7) is 3.76. The first-order chi connectivity index (χ1) is 15.2. The molecule has 12 heteroatoms. The van der Waals surface area contributed by atoms with Gasteiger partial charge in [-0.05, 0) is 31.7 Å². The summed E-state index contributed by atoms with van der Waals surface area (Å²) < 4.78 is 0. The molecule has 32 heavy (non-hydrogen) atoms. The number of carbonyl (C=O) groups is 4. The first kappa shape index (κ1) is 27.0. The highest BCUT2D eigenvalue weighted by Gasteiger charge is 2.32. The van der Waals surface area contributed by atoms with E-state index in [1.807, 2.05) is 6.92 Å². The molecule has 0 saturated carbocycles. The normalized spacial score (nSPS) is 14.6. The van der Waals surface area contributed by atoms with Crippen LogP contribution in [0.25, 0.3) is 0 Å². The third-order valence-electron chi connectivity index (χ3n) is 5.17. The number of aromatic nitrogens is 2. The number of carboxylic acid groups (broad SMARTS) is 1. The number of nitrogens with zero attached hydrogens (tertiary/aromatic N) is 1. The molecule has 9 N–H and O–H groups in total. The van der Waals surface area contributed by atoms with Crippen LogP contribution in [-0.4, -0.2) is 70.0 Å². The Hall–Kier alpha value is -2.99. The van der Waals surface area contributed by atoms with E-state index in [2.05, 4.69) is 25.9 Å². The molecular weight excluding hydrogens is 418 g/mol. The van der Waals surface area contributed by atoms with E-state index in [1.165, 1.54) is 12.5 Å². The number of imidazole rings is 1. The van der Waals surface area contributed by atoms with E-state index in [1.54, 1.807) is 6.92 Å². The standard InChI is InChI=1S/C20H35N7O5/c1-3-12(2)17(19(30)26-14(20(31)32)6-4-5-7-21)27-18(29)15(25-16(28)9-22)8-13-10-23-11-24-13/h10-12,14-15,17H,3-9,21-22H2,1-2H3,(H,23,24)(H,25,28)(H,26,30)(H,27,29)(H,31,32). The van der Waals surface area contributed by atoms with Gasteiger partial charge in [-0.1, -0.05) is 20.3 Å². The molecule has 4 atom stereocenters. The van der Waals surface area contributed by atoms with Crippen molar-refractivity contribution in [2.24, 2.45) is 17.4 Å². The molecule has 0 saturated heterocycles. The average Bonchev–Trinajstić information content (AvgIpc) is 3.28. The Labute approximate surface area is 187 Å². The Morgan fingerprint density at radius 1 is 1.09 bits per heavy atom. The minimum absolute atomic E-state index is 0.114. The molecule has 12 nitrogen and oxygen atoms in total. The summed E-state index contributed by atoms with van der Waals surface area (Å²) in [5.74, 6) is -3.15. The molecule has 0 fully saturated rings. The highest BCUT2D eigenvalue weighted by Crippen LogP contribution is 2.11. The minimum atomic E-state index is -1.16. The predicted octanol–water partition coefficient (Wildman–Crippen LogP) is -1.37. The maximum atomic E-state index is 13.0. The van der Waals surface area contributed by atoms with Gasteiger partial charge in [0, 0.05) is 18.3 Å². The lowest BCUT2D eigenvalue weighted by molar-refractivity contribution is -0.143. The molecule has 4 unspecified atom stereocenters. The fourth-order valence-corrected chi connectivity index (χ4v) is 3.05. The second-order valence-corrected chi connectivity index (χ2v) is 7.66. The molecule has 0 aliphatic rings. The van der Waals surface area contributed by atoms with Crippen LogP contribution in [0.15, 0.2) is 12.5 Å². The SMILES string of the molecule is CCC(C)C(NC(=O)C(Cc1cnc[nH]1)NC(=O)CN)C(=O)NC(CCCCN)C(=O)O. The van der Waals surface area contributed by atoms with Crippen molar-refractivity contribution in [3.63, 3.8) is 0 Å². The molecular formula is C20H35N7O5. The molecule has 1 rings (SSSR count). The van der Waals surface area contributed by atoms with Crippen LogP contribution in [0.3, 0.4) is 0 Å². The fraction of sp³-hybridized carbons (Fsp3) is 0.650. The molecule has 0 radical (unpaired) electrons. The largest absolute Gasteiger partial charge is 0.480 e. The van der Waals surface area contributed by atoms with Crippen LogP contribution in [0.5, 0.6) is 0 Å². The van der Waals surface area contributed by atoms with Crippen molar-refractivity contribution in [1.82, 2.24) is 25.9 Å². The quantitative estimate of drug-likeness (QED) is 0.157. The zero-order chi connectivity index (χ0) is 24.1. The summed E-state index contributed by atoms with van der Waals surface area (Å²) in [6, 6.07) is -3.07. The third-order valence-corrected chi connectivity index (χ3v) is 5.17. The maximum Gasteiger partial charge on any atom is 0.326 e. The topological polar surface area (TPSA) is 205 Å². The van der Waals surface area contributed by atoms with Gasteiger partial charge in [0.2, 0.25) is 17.7 Å². The Morgan fingerprint density at radius 3 is 2.34 bits per heavy atom. The van der Waals surface area contributed by atoms with Crippen LogP contribution in [0.2, 0.25) is 0 Å². The van der Waals surface area contributed by atoms with Crippen LogP contribution >= 0.6 is 0 Å². The van der Waals surface area contributed by atoms with Gasteiger partial charge in [-0.3, -0.25) is 14.4 Å². The lowest BCUT2D eigenvalue weighted by Crippen LogP contribution is -2.58. The number of nitrogens with two attached hydrogens (primary N) is 2. The summed E-state index contributed by atoms with van der Waals surface area (Å²) in [4.78, 5) is 56.0. The molecule has 1 aromatic rings. The lowest BCUT2D eigenvalue weighted by atomic mass is 9.96. The third kappa shape index (κ3) is 9.02.